The first-order valence-corrected chi connectivity index (χ1v) is 9.02. The number of nitrogens with zero attached hydrogens (tertiary/aromatic N) is 1. The summed E-state index contributed by atoms with van der Waals surface area (Å²) in [7, 11) is -2.78. The molecular formula is C18H18N2O4S. The highest BCUT2D eigenvalue weighted by Gasteiger charge is 2.27. The van der Waals surface area contributed by atoms with Gasteiger partial charge in [-0.25, -0.2) is 17.2 Å². The Balaban J connectivity index is 2.38. The highest BCUT2D eigenvalue weighted by Crippen LogP contribution is 2.29. The lowest BCUT2D eigenvalue weighted by molar-refractivity contribution is 0.0593. The van der Waals surface area contributed by atoms with E-state index in [0.717, 1.165) is 15.1 Å². The Labute approximate surface area is 145 Å². The fraction of sp³-hybridized carbons (Fsp3) is 0.167. The second-order valence-electron chi connectivity index (χ2n) is 5.87. The zero-order valence-corrected chi connectivity index (χ0v) is 14.9. The third-order valence-electron chi connectivity index (χ3n) is 4.10. The van der Waals surface area contributed by atoms with Crippen molar-refractivity contribution >= 4 is 32.6 Å². The second kappa shape index (κ2) is 5.93. The molecule has 0 radical (unpaired) electrons. The van der Waals surface area contributed by atoms with Crippen molar-refractivity contribution < 1.29 is 17.9 Å². The molecule has 2 aromatic carbocycles. The van der Waals surface area contributed by atoms with Crippen LogP contribution in [0, 0.1) is 13.8 Å². The van der Waals surface area contributed by atoms with Gasteiger partial charge in [0.1, 0.15) is 5.69 Å². The smallest absolute Gasteiger partial charge is 0.355 e. The Morgan fingerprint density at radius 3 is 2.32 bits per heavy atom. The second-order valence-corrected chi connectivity index (χ2v) is 7.66. The Kier molecular flexibility index (Phi) is 4.04. The van der Waals surface area contributed by atoms with Gasteiger partial charge in [0.05, 0.1) is 17.5 Å². The molecule has 25 heavy (non-hydrogen) atoms. The number of ether oxygens (including phenoxy) is 1. The van der Waals surface area contributed by atoms with Crippen molar-refractivity contribution in [1.82, 2.24) is 3.97 Å². The molecule has 2 N–H and O–H groups in total. The van der Waals surface area contributed by atoms with E-state index in [9.17, 15) is 13.2 Å². The molecule has 1 aromatic heterocycles. The summed E-state index contributed by atoms with van der Waals surface area (Å²) in [5.41, 5.74) is 8.40. The van der Waals surface area contributed by atoms with Gasteiger partial charge in [0.15, 0.2) is 0 Å². The van der Waals surface area contributed by atoms with Gasteiger partial charge >= 0.3 is 5.97 Å². The zero-order valence-electron chi connectivity index (χ0n) is 14.1. The van der Waals surface area contributed by atoms with E-state index in [1.807, 2.05) is 13.8 Å². The summed E-state index contributed by atoms with van der Waals surface area (Å²) in [6, 6.07) is 11.2. The normalized spacial score (nSPS) is 11.6. The summed E-state index contributed by atoms with van der Waals surface area (Å²) in [4.78, 5) is 12.3. The Bertz CT molecular complexity index is 1080. The fourth-order valence-corrected chi connectivity index (χ4v) is 4.18. The molecule has 0 bridgehead atoms. The minimum atomic E-state index is -3.99. The number of hydrogen-bond acceptors (Lipinski definition) is 5. The fourth-order valence-electron chi connectivity index (χ4n) is 2.68. The topological polar surface area (TPSA) is 91.4 Å². The van der Waals surface area contributed by atoms with Crippen LogP contribution in [-0.4, -0.2) is 25.5 Å². The monoisotopic (exact) mass is 358 g/mol. The van der Waals surface area contributed by atoms with E-state index in [1.165, 1.54) is 25.3 Å². The number of aryl methyl sites for hydroxylation is 2. The van der Waals surface area contributed by atoms with Crippen LogP contribution in [0.1, 0.15) is 21.6 Å². The summed E-state index contributed by atoms with van der Waals surface area (Å²) in [5, 5.41) is 0.600. The van der Waals surface area contributed by atoms with Gasteiger partial charge in [-0.2, -0.15) is 0 Å². The lowest BCUT2D eigenvalue weighted by Gasteiger charge is -2.12. The van der Waals surface area contributed by atoms with Crippen molar-refractivity contribution in [2.75, 3.05) is 12.8 Å². The quantitative estimate of drug-likeness (QED) is 0.574. The predicted octanol–water partition coefficient (Wildman–Crippen LogP) is 2.86. The number of esters is 1. The molecule has 130 valence electrons. The van der Waals surface area contributed by atoms with E-state index in [2.05, 4.69) is 0 Å². The third kappa shape index (κ3) is 2.76. The lowest BCUT2D eigenvalue weighted by atomic mass is 10.1. The van der Waals surface area contributed by atoms with E-state index in [1.54, 1.807) is 24.3 Å². The molecule has 0 aliphatic rings. The number of nitrogen functional groups attached to an aromatic ring is 1. The first-order chi connectivity index (χ1) is 11.8. The summed E-state index contributed by atoms with van der Waals surface area (Å²) in [6.07, 6.45) is 0. The maximum atomic E-state index is 13.2. The molecule has 0 aliphatic carbocycles. The summed E-state index contributed by atoms with van der Waals surface area (Å²) < 4.78 is 32.1. The summed E-state index contributed by atoms with van der Waals surface area (Å²) >= 11 is 0. The van der Waals surface area contributed by atoms with Gasteiger partial charge in [0, 0.05) is 11.1 Å². The maximum Gasteiger partial charge on any atom is 0.355 e. The molecule has 0 saturated heterocycles. The van der Waals surface area contributed by atoms with Crippen LogP contribution in [0.5, 0.6) is 0 Å². The molecular weight excluding hydrogens is 340 g/mol. The first kappa shape index (κ1) is 17.0. The van der Waals surface area contributed by atoms with Crippen molar-refractivity contribution in [1.29, 1.82) is 0 Å². The van der Waals surface area contributed by atoms with Crippen LogP contribution in [0.4, 0.5) is 5.69 Å². The van der Waals surface area contributed by atoms with Crippen LogP contribution in [0.2, 0.25) is 0 Å². The van der Waals surface area contributed by atoms with Crippen LogP contribution in [0.15, 0.2) is 47.4 Å². The Hall–Kier alpha value is -2.80. The highest BCUT2D eigenvalue weighted by molar-refractivity contribution is 7.90. The van der Waals surface area contributed by atoms with Crippen molar-refractivity contribution in [2.45, 2.75) is 18.7 Å². The number of anilines is 1. The maximum absolute atomic E-state index is 13.2. The van der Waals surface area contributed by atoms with Gasteiger partial charge in [-0.3, -0.25) is 0 Å². The number of carbonyl (C=O) groups is 1. The number of rotatable bonds is 3. The molecule has 0 amide bonds. The standard InChI is InChI=1S/C18H18N2O4S/c1-11-4-6-14(7-5-11)25(22,23)20-16-10-15(19)12(2)8-13(16)9-17(20)18(21)24-3/h4-10H,19H2,1-3H3. The number of benzene rings is 2. The van der Waals surface area contributed by atoms with Crippen LogP contribution in [0.3, 0.4) is 0 Å². The van der Waals surface area contributed by atoms with Crippen molar-refractivity contribution in [2.24, 2.45) is 0 Å². The number of fused-ring (bicyclic) bond motifs is 1. The van der Waals surface area contributed by atoms with E-state index < -0.39 is 16.0 Å². The Morgan fingerprint density at radius 2 is 1.72 bits per heavy atom. The first-order valence-electron chi connectivity index (χ1n) is 7.58. The van der Waals surface area contributed by atoms with Gasteiger partial charge in [-0.1, -0.05) is 17.7 Å². The predicted molar refractivity (Wildman–Crippen MR) is 96.2 cm³/mol. The lowest BCUT2D eigenvalue weighted by Crippen LogP contribution is -2.19. The van der Waals surface area contributed by atoms with E-state index in [-0.39, 0.29) is 10.6 Å². The van der Waals surface area contributed by atoms with E-state index >= 15 is 0 Å². The zero-order chi connectivity index (χ0) is 18.4. The molecule has 3 rings (SSSR count). The minimum absolute atomic E-state index is 0.0666. The van der Waals surface area contributed by atoms with Gasteiger partial charge in [-0.05, 0) is 49.7 Å². The summed E-state index contributed by atoms with van der Waals surface area (Å²) in [5.74, 6) is -0.733. The Morgan fingerprint density at radius 1 is 1.08 bits per heavy atom. The molecule has 0 aliphatic heterocycles. The number of hydrogen-bond donors (Lipinski definition) is 1. The number of carbonyl (C=O) groups excluding carboxylic acids is 1. The van der Waals surface area contributed by atoms with E-state index in [4.69, 9.17) is 10.5 Å². The molecule has 7 heteroatoms. The molecule has 0 atom stereocenters. The van der Waals surface area contributed by atoms with Crippen LogP contribution in [-0.2, 0) is 14.8 Å². The van der Waals surface area contributed by atoms with Crippen LogP contribution < -0.4 is 5.73 Å². The molecule has 3 aromatic rings. The minimum Gasteiger partial charge on any atom is -0.464 e. The van der Waals surface area contributed by atoms with Gasteiger partial charge in [0.25, 0.3) is 10.0 Å². The highest BCUT2D eigenvalue weighted by atomic mass is 32.2. The van der Waals surface area contributed by atoms with Gasteiger partial charge in [0.2, 0.25) is 0 Å². The van der Waals surface area contributed by atoms with Crippen molar-refractivity contribution in [3.63, 3.8) is 0 Å². The number of nitrogens with two attached hydrogens (primary N) is 1. The number of aromatic nitrogens is 1. The van der Waals surface area contributed by atoms with E-state index in [0.29, 0.717) is 16.6 Å². The largest absolute Gasteiger partial charge is 0.464 e. The van der Waals surface area contributed by atoms with Crippen LogP contribution >= 0.6 is 0 Å². The SMILES string of the molecule is COC(=O)c1cc2cc(C)c(N)cc2n1S(=O)(=O)c1ccc(C)cc1. The summed E-state index contributed by atoms with van der Waals surface area (Å²) in [6.45, 7) is 3.68. The molecule has 0 saturated carbocycles. The van der Waals surface area contributed by atoms with Crippen molar-refractivity contribution in [3.05, 3.63) is 59.3 Å². The van der Waals surface area contributed by atoms with Crippen LogP contribution in [0.25, 0.3) is 10.9 Å². The molecule has 1 heterocycles. The number of methoxy groups -OCH3 is 1. The molecule has 0 unspecified atom stereocenters. The molecule has 0 fully saturated rings. The average Bonchev–Trinajstić information content (AvgIpc) is 2.94. The van der Waals surface area contributed by atoms with Gasteiger partial charge in [-0.15, -0.1) is 0 Å². The average molecular weight is 358 g/mol. The van der Waals surface area contributed by atoms with Gasteiger partial charge < -0.3 is 10.5 Å². The molecule has 0 spiro atoms. The molecule has 6 nitrogen and oxygen atoms in total. The van der Waals surface area contributed by atoms with Crippen molar-refractivity contribution in [3.8, 4) is 0 Å². The third-order valence-corrected chi connectivity index (χ3v) is 5.84.